The second-order valence-corrected chi connectivity index (χ2v) is 6.78. The molecule has 0 N–H and O–H groups in total. The summed E-state index contributed by atoms with van der Waals surface area (Å²) in [5.74, 6) is 0. The Morgan fingerprint density at radius 2 is 0.950 bits per heavy atom. The lowest BCUT2D eigenvalue weighted by molar-refractivity contribution is 0.319. The molecule has 2 unspecified atom stereocenters. The van der Waals surface area contributed by atoms with Crippen LogP contribution in [0.25, 0.3) is 0 Å². The number of halogens is 2. The molecule has 0 aliphatic carbocycles. The molecule has 0 spiro atoms. The van der Waals surface area contributed by atoms with Crippen LogP contribution >= 0.6 is 31.9 Å². The molecule has 0 bridgehead atoms. The zero-order chi connectivity index (χ0) is 14.6. The largest absolute Gasteiger partial charge is 0.0918 e. The van der Waals surface area contributed by atoms with Gasteiger partial charge in [0.05, 0.1) is 0 Å². The SMILES string of the molecule is CC(CBr)(c1ccccc1)C(C)(CBr)c1ccccc1. The lowest BCUT2D eigenvalue weighted by atomic mass is 9.61. The molecule has 0 aliphatic rings. The molecule has 0 fully saturated rings. The van der Waals surface area contributed by atoms with Gasteiger partial charge in [0, 0.05) is 21.5 Å². The minimum atomic E-state index is 0.0130. The third kappa shape index (κ3) is 2.60. The van der Waals surface area contributed by atoms with Gasteiger partial charge in [-0.1, -0.05) is 106 Å². The molecule has 0 saturated heterocycles. The molecule has 2 heteroatoms. The Bertz CT molecular complexity index is 486. The van der Waals surface area contributed by atoms with E-state index in [2.05, 4.69) is 106 Å². The van der Waals surface area contributed by atoms with E-state index in [1.54, 1.807) is 0 Å². The Kier molecular flexibility index (Phi) is 5.09. The van der Waals surface area contributed by atoms with Gasteiger partial charge < -0.3 is 0 Å². The van der Waals surface area contributed by atoms with Crippen molar-refractivity contribution in [3.63, 3.8) is 0 Å². The van der Waals surface area contributed by atoms with Gasteiger partial charge in [0.2, 0.25) is 0 Å². The highest BCUT2D eigenvalue weighted by Gasteiger charge is 2.45. The Balaban J connectivity index is 2.58. The summed E-state index contributed by atoms with van der Waals surface area (Å²) in [7, 11) is 0. The quantitative estimate of drug-likeness (QED) is 0.570. The first-order valence-corrected chi connectivity index (χ1v) is 9.06. The van der Waals surface area contributed by atoms with Crippen LogP contribution in [0, 0.1) is 0 Å². The maximum absolute atomic E-state index is 3.76. The lowest BCUT2D eigenvalue weighted by Crippen LogP contribution is -2.47. The summed E-state index contributed by atoms with van der Waals surface area (Å²) in [6.07, 6.45) is 0. The fourth-order valence-electron chi connectivity index (χ4n) is 2.70. The molecular weight excluding hydrogens is 376 g/mol. The predicted octanol–water partition coefficient (Wildman–Crippen LogP) is 5.69. The summed E-state index contributed by atoms with van der Waals surface area (Å²) in [4.78, 5) is 0. The number of alkyl halides is 2. The molecule has 2 aromatic carbocycles. The van der Waals surface area contributed by atoms with Crippen LogP contribution in [0.1, 0.15) is 25.0 Å². The number of hydrogen-bond donors (Lipinski definition) is 0. The van der Waals surface area contributed by atoms with Crippen molar-refractivity contribution in [3.05, 3.63) is 71.8 Å². The maximum atomic E-state index is 3.76. The first-order valence-electron chi connectivity index (χ1n) is 6.81. The van der Waals surface area contributed by atoms with Gasteiger partial charge in [-0.05, 0) is 11.1 Å². The molecular formula is C18H20Br2. The smallest absolute Gasteiger partial charge is 0.0135 e. The lowest BCUT2D eigenvalue weighted by Gasteiger charge is -2.46. The van der Waals surface area contributed by atoms with Crippen molar-refractivity contribution >= 4 is 31.9 Å². The fraction of sp³-hybridized carbons (Fsp3) is 0.333. The van der Waals surface area contributed by atoms with Crippen LogP contribution in [0.3, 0.4) is 0 Å². The van der Waals surface area contributed by atoms with E-state index >= 15 is 0 Å². The fourth-order valence-corrected chi connectivity index (χ4v) is 4.58. The van der Waals surface area contributed by atoms with Gasteiger partial charge in [0.25, 0.3) is 0 Å². The third-order valence-electron chi connectivity index (χ3n) is 4.57. The molecule has 20 heavy (non-hydrogen) atoms. The molecule has 0 aliphatic heterocycles. The standard InChI is InChI=1S/C18H20Br2/c1-17(13-19,15-9-5-3-6-10-15)18(2,14-20)16-11-7-4-8-12-16/h3-12H,13-14H2,1-2H3. The van der Waals surface area contributed by atoms with Crippen LogP contribution in [0.5, 0.6) is 0 Å². The zero-order valence-corrected chi connectivity index (χ0v) is 15.1. The highest BCUT2D eigenvalue weighted by atomic mass is 79.9. The number of hydrogen-bond acceptors (Lipinski definition) is 0. The number of rotatable bonds is 5. The van der Waals surface area contributed by atoms with Gasteiger partial charge in [-0.25, -0.2) is 0 Å². The van der Waals surface area contributed by atoms with Crippen molar-refractivity contribution in [3.8, 4) is 0 Å². The van der Waals surface area contributed by atoms with Gasteiger partial charge >= 0.3 is 0 Å². The average Bonchev–Trinajstić information content (AvgIpc) is 2.54. The summed E-state index contributed by atoms with van der Waals surface area (Å²) in [6.45, 7) is 4.68. The minimum Gasteiger partial charge on any atom is -0.0918 e. The first kappa shape index (κ1) is 15.8. The Morgan fingerprint density at radius 3 is 1.20 bits per heavy atom. The zero-order valence-electron chi connectivity index (χ0n) is 11.9. The summed E-state index contributed by atoms with van der Waals surface area (Å²) in [6, 6.07) is 21.5. The summed E-state index contributed by atoms with van der Waals surface area (Å²) in [5, 5.41) is 1.84. The topological polar surface area (TPSA) is 0 Å². The molecule has 0 radical (unpaired) electrons. The maximum Gasteiger partial charge on any atom is 0.0135 e. The molecule has 0 saturated carbocycles. The second kappa shape index (κ2) is 6.44. The molecule has 0 amide bonds. The second-order valence-electron chi connectivity index (χ2n) is 5.66. The van der Waals surface area contributed by atoms with Crippen LogP contribution in [0.15, 0.2) is 60.7 Å². The van der Waals surface area contributed by atoms with E-state index in [9.17, 15) is 0 Å². The Labute approximate surface area is 138 Å². The van der Waals surface area contributed by atoms with Crippen LogP contribution in [-0.4, -0.2) is 10.7 Å². The first-order chi connectivity index (χ1) is 9.58. The van der Waals surface area contributed by atoms with Crippen LogP contribution in [-0.2, 0) is 10.8 Å². The van der Waals surface area contributed by atoms with Crippen molar-refractivity contribution in [2.45, 2.75) is 24.7 Å². The Hall–Kier alpha value is -0.600. The van der Waals surface area contributed by atoms with E-state index in [-0.39, 0.29) is 10.8 Å². The highest BCUT2D eigenvalue weighted by molar-refractivity contribution is 9.09. The van der Waals surface area contributed by atoms with E-state index in [1.807, 2.05) is 0 Å². The minimum absolute atomic E-state index is 0.0130. The van der Waals surface area contributed by atoms with E-state index in [0.717, 1.165) is 10.7 Å². The molecule has 0 nitrogen and oxygen atoms in total. The highest BCUT2D eigenvalue weighted by Crippen LogP contribution is 2.46. The van der Waals surface area contributed by atoms with Gasteiger partial charge in [-0.3, -0.25) is 0 Å². The van der Waals surface area contributed by atoms with Crippen molar-refractivity contribution in [1.82, 2.24) is 0 Å². The molecule has 2 aromatic rings. The van der Waals surface area contributed by atoms with E-state index < -0.39 is 0 Å². The summed E-state index contributed by atoms with van der Waals surface area (Å²) < 4.78 is 0. The van der Waals surface area contributed by atoms with Gasteiger partial charge in [-0.15, -0.1) is 0 Å². The van der Waals surface area contributed by atoms with Crippen LogP contribution in [0.4, 0.5) is 0 Å². The van der Waals surface area contributed by atoms with Gasteiger partial charge in [0.1, 0.15) is 0 Å². The van der Waals surface area contributed by atoms with E-state index in [1.165, 1.54) is 11.1 Å². The normalized spacial score (nSPS) is 17.2. The van der Waals surface area contributed by atoms with Crippen LogP contribution < -0.4 is 0 Å². The van der Waals surface area contributed by atoms with Crippen molar-refractivity contribution in [2.24, 2.45) is 0 Å². The Morgan fingerprint density at radius 1 is 0.650 bits per heavy atom. The molecule has 2 atom stereocenters. The molecule has 0 heterocycles. The molecule has 2 rings (SSSR count). The summed E-state index contributed by atoms with van der Waals surface area (Å²) >= 11 is 7.52. The van der Waals surface area contributed by atoms with Crippen LogP contribution in [0.2, 0.25) is 0 Å². The summed E-state index contributed by atoms with van der Waals surface area (Å²) in [5.41, 5.74) is 2.75. The van der Waals surface area contributed by atoms with E-state index in [0.29, 0.717) is 0 Å². The van der Waals surface area contributed by atoms with Gasteiger partial charge in [0.15, 0.2) is 0 Å². The van der Waals surface area contributed by atoms with Crippen molar-refractivity contribution in [2.75, 3.05) is 10.7 Å². The van der Waals surface area contributed by atoms with E-state index in [4.69, 9.17) is 0 Å². The average molecular weight is 396 g/mol. The molecule has 0 aromatic heterocycles. The van der Waals surface area contributed by atoms with Crippen molar-refractivity contribution < 1.29 is 0 Å². The van der Waals surface area contributed by atoms with Crippen molar-refractivity contribution in [1.29, 1.82) is 0 Å². The number of benzene rings is 2. The monoisotopic (exact) mass is 394 g/mol. The molecule has 106 valence electrons. The van der Waals surface area contributed by atoms with Gasteiger partial charge in [-0.2, -0.15) is 0 Å². The third-order valence-corrected chi connectivity index (χ3v) is 6.82. The predicted molar refractivity (Wildman–Crippen MR) is 95.2 cm³/mol.